The SMILES string of the molecule is CCCN(CC(=O)NC)c1c(C=O)c(C)nn1C. The summed E-state index contributed by atoms with van der Waals surface area (Å²) in [4.78, 5) is 24.5. The second kappa shape index (κ2) is 6.18. The van der Waals surface area contributed by atoms with Crippen molar-refractivity contribution >= 4 is 18.0 Å². The molecule has 0 aromatic carbocycles. The quantitative estimate of drug-likeness (QED) is 0.749. The van der Waals surface area contributed by atoms with Crippen LogP contribution in [0.25, 0.3) is 0 Å². The third kappa shape index (κ3) is 2.88. The molecule has 100 valence electrons. The molecule has 0 saturated carbocycles. The van der Waals surface area contributed by atoms with Crippen molar-refractivity contribution in [1.82, 2.24) is 15.1 Å². The Balaban J connectivity index is 3.12. The van der Waals surface area contributed by atoms with Crippen LogP contribution in [0, 0.1) is 6.92 Å². The van der Waals surface area contributed by atoms with Crippen molar-refractivity contribution in [3.8, 4) is 0 Å². The van der Waals surface area contributed by atoms with Gasteiger partial charge in [-0.15, -0.1) is 0 Å². The summed E-state index contributed by atoms with van der Waals surface area (Å²) >= 11 is 0. The van der Waals surface area contributed by atoms with Gasteiger partial charge in [-0.25, -0.2) is 0 Å². The van der Waals surface area contributed by atoms with Crippen LogP contribution in [0.1, 0.15) is 29.4 Å². The van der Waals surface area contributed by atoms with Crippen LogP contribution in [-0.4, -0.2) is 42.1 Å². The molecule has 0 spiro atoms. The normalized spacial score (nSPS) is 10.2. The molecule has 0 bridgehead atoms. The maximum Gasteiger partial charge on any atom is 0.239 e. The highest BCUT2D eigenvalue weighted by Gasteiger charge is 2.20. The van der Waals surface area contributed by atoms with Crippen LogP contribution in [0.15, 0.2) is 0 Å². The molecule has 6 heteroatoms. The van der Waals surface area contributed by atoms with Crippen LogP contribution in [0.5, 0.6) is 0 Å². The van der Waals surface area contributed by atoms with E-state index in [-0.39, 0.29) is 12.5 Å². The van der Waals surface area contributed by atoms with Crippen molar-refractivity contribution in [2.45, 2.75) is 20.3 Å². The molecule has 1 aromatic heterocycles. The number of anilines is 1. The van der Waals surface area contributed by atoms with E-state index >= 15 is 0 Å². The van der Waals surface area contributed by atoms with Gasteiger partial charge in [0.1, 0.15) is 5.82 Å². The molecule has 0 saturated heterocycles. The lowest BCUT2D eigenvalue weighted by Gasteiger charge is -2.23. The average Bonchev–Trinajstić information content (AvgIpc) is 2.62. The van der Waals surface area contributed by atoms with Crippen LogP contribution in [0.2, 0.25) is 0 Å². The smallest absolute Gasteiger partial charge is 0.239 e. The first kappa shape index (κ1) is 14.2. The standard InChI is InChI=1S/C12H20N4O2/c1-5-6-16(7-11(18)13-3)12-10(8-17)9(2)14-15(12)4/h8H,5-7H2,1-4H3,(H,13,18). The van der Waals surface area contributed by atoms with E-state index in [9.17, 15) is 9.59 Å². The third-order valence-corrected chi connectivity index (χ3v) is 2.76. The van der Waals surface area contributed by atoms with Crippen molar-refractivity contribution in [2.75, 3.05) is 25.0 Å². The first-order chi connectivity index (χ1) is 8.54. The molecule has 0 unspecified atom stereocenters. The second-order valence-electron chi connectivity index (χ2n) is 4.16. The number of hydrogen-bond donors (Lipinski definition) is 1. The Bertz CT molecular complexity index is 440. The Hall–Kier alpha value is -1.85. The van der Waals surface area contributed by atoms with Crippen LogP contribution < -0.4 is 10.2 Å². The molecular weight excluding hydrogens is 232 g/mol. The third-order valence-electron chi connectivity index (χ3n) is 2.76. The van der Waals surface area contributed by atoms with Gasteiger partial charge >= 0.3 is 0 Å². The fraction of sp³-hybridized carbons (Fsp3) is 0.583. The van der Waals surface area contributed by atoms with Gasteiger partial charge < -0.3 is 10.2 Å². The van der Waals surface area contributed by atoms with Crippen molar-refractivity contribution in [3.05, 3.63) is 11.3 Å². The molecule has 0 radical (unpaired) electrons. The zero-order valence-electron chi connectivity index (χ0n) is 11.4. The summed E-state index contributed by atoms with van der Waals surface area (Å²) in [6.07, 6.45) is 1.68. The van der Waals surface area contributed by atoms with E-state index in [0.29, 0.717) is 23.6 Å². The highest BCUT2D eigenvalue weighted by atomic mass is 16.2. The second-order valence-corrected chi connectivity index (χ2v) is 4.16. The number of carbonyl (C=O) groups excluding carboxylic acids is 2. The van der Waals surface area contributed by atoms with Crippen LogP contribution in [0.4, 0.5) is 5.82 Å². The number of rotatable bonds is 6. The van der Waals surface area contributed by atoms with Gasteiger partial charge in [0.2, 0.25) is 5.91 Å². The maximum atomic E-state index is 11.5. The largest absolute Gasteiger partial charge is 0.358 e. The highest BCUT2D eigenvalue weighted by molar-refractivity contribution is 5.87. The number of amides is 1. The Morgan fingerprint density at radius 2 is 2.22 bits per heavy atom. The van der Waals surface area contributed by atoms with E-state index in [2.05, 4.69) is 10.4 Å². The summed E-state index contributed by atoms with van der Waals surface area (Å²) in [5.41, 5.74) is 1.23. The van der Waals surface area contributed by atoms with Gasteiger partial charge in [0.05, 0.1) is 17.8 Å². The van der Waals surface area contributed by atoms with Gasteiger partial charge in [0, 0.05) is 20.6 Å². The van der Waals surface area contributed by atoms with Crippen LogP contribution >= 0.6 is 0 Å². The number of aromatic nitrogens is 2. The van der Waals surface area contributed by atoms with Gasteiger partial charge in [0.25, 0.3) is 0 Å². The van der Waals surface area contributed by atoms with Crippen molar-refractivity contribution in [2.24, 2.45) is 7.05 Å². The number of hydrogen-bond acceptors (Lipinski definition) is 4. The monoisotopic (exact) mass is 252 g/mol. The molecule has 1 aromatic rings. The molecule has 18 heavy (non-hydrogen) atoms. The number of likely N-dealkylation sites (N-methyl/N-ethyl adjacent to an activating group) is 1. The zero-order valence-corrected chi connectivity index (χ0v) is 11.4. The van der Waals surface area contributed by atoms with E-state index in [1.807, 2.05) is 11.8 Å². The molecular formula is C12H20N4O2. The minimum absolute atomic E-state index is 0.0841. The number of aryl methyl sites for hydroxylation is 2. The van der Waals surface area contributed by atoms with Crippen LogP contribution in [-0.2, 0) is 11.8 Å². The predicted molar refractivity (Wildman–Crippen MR) is 69.9 cm³/mol. The first-order valence-corrected chi connectivity index (χ1v) is 5.99. The number of nitrogens with one attached hydrogen (secondary N) is 1. The topological polar surface area (TPSA) is 67.2 Å². The van der Waals surface area contributed by atoms with Gasteiger partial charge in [-0.2, -0.15) is 5.10 Å². The summed E-state index contributed by atoms with van der Waals surface area (Å²) in [7, 11) is 3.38. The fourth-order valence-corrected chi connectivity index (χ4v) is 1.96. The van der Waals surface area contributed by atoms with E-state index in [4.69, 9.17) is 0 Å². The Morgan fingerprint density at radius 1 is 1.56 bits per heavy atom. The van der Waals surface area contributed by atoms with Gasteiger partial charge in [0.15, 0.2) is 6.29 Å². The molecule has 0 atom stereocenters. The molecule has 0 aliphatic heterocycles. The molecule has 0 fully saturated rings. The summed E-state index contributed by atoms with van der Waals surface area (Å²) in [6, 6.07) is 0. The lowest BCUT2D eigenvalue weighted by Crippen LogP contribution is -2.37. The summed E-state index contributed by atoms with van der Waals surface area (Å²) in [5.74, 6) is 0.618. The maximum absolute atomic E-state index is 11.5. The van der Waals surface area contributed by atoms with Crippen molar-refractivity contribution < 1.29 is 9.59 Å². The molecule has 6 nitrogen and oxygen atoms in total. The van der Waals surface area contributed by atoms with E-state index < -0.39 is 0 Å². The molecule has 0 aliphatic carbocycles. The molecule has 1 heterocycles. The summed E-state index contributed by atoms with van der Waals surface area (Å²) in [5, 5.41) is 6.82. The Kier molecular flexibility index (Phi) is 4.88. The minimum atomic E-state index is -0.0841. The average molecular weight is 252 g/mol. The lowest BCUT2D eigenvalue weighted by atomic mass is 10.2. The highest BCUT2D eigenvalue weighted by Crippen LogP contribution is 2.21. The Labute approximate surface area is 107 Å². The zero-order chi connectivity index (χ0) is 13.7. The van der Waals surface area contributed by atoms with Crippen molar-refractivity contribution in [3.63, 3.8) is 0 Å². The molecule has 0 aliphatic rings. The molecule has 1 N–H and O–H groups in total. The summed E-state index contributed by atoms with van der Waals surface area (Å²) in [6.45, 7) is 4.75. The molecule has 1 rings (SSSR count). The Morgan fingerprint density at radius 3 is 2.72 bits per heavy atom. The lowest BCUT2D eigenvalue weighted by molar-refractivity contribution is -0.119. The van der Waals surface area contributed by atoms with Gasteiger partial charge in [-0.3, -0.25) is 14.3 Å². The van der Waals surface area contributed by atoms with E-state index in [1.165, 1.54) is 0 Å². The fourth-order valence-electron chi connectivity index (χ4n) is 1.96. The predicted octanol–water partition coefficient (Wildman–Crippen LogP) is 0.503. The molecule has 1 amide bonds. The number of carbonyl (C=O) groups is 2. The van der Waals surface area contributed by atoms with Crippen molar-refractivity contribution in [1.29, 1.82) is 0 Å². The summed E-state index contributed by atoms with van der Waals surface area (Å²) < 4.78 is 1.65. The van der Waals surface area contributed by atoms with Gasteiger partial charge in [-0.05, 0) is 13.3 Å². The van der Waals surface area contributed by atoms with E-state index in [1.54, 1.807) is 25.7 Å². The van der Waals surface area contributed by atoms with Gasteiger partial charge in [-0.1, -0.05) is 6.92 Å². The minimum Gasteiger partial charge on any atom is -0.358 e. The van der Waals surface area contributed by atoms with Crippen LogP contribution in [0.3, 0.4) is 0 Å². The number of aldehydes is 1. The first-order valence-electron chi connectivity index (χ1n) is 5.99. The number of nitrogens with zero attached hydrogens (tertiary/aromatic N) is 3. The van der Waals surface area contributed by atoms with E-state index in [0.717, 1.165) is 12.7 Å².